The molecule has 5 atom stereocenters. The maximum Gasteiger partial charge on any atom is 0.304 e. The first-order valence-corrected chi connectivity index (χ1v) is 13.6. The van der Waals surface area contributed by atoms with Crippen LogP contribution >= 0.6 is 11.6 Å². The van der Waals surface area contributed by atoms with Gasteiger partial charge in [-0.1, -0.05) is 0 Å². The second-order valence-electron chi connectivity index (χ2n) is 10.7. The van der Waals surface area contributed by atoms with E-state index in [1.807, 2.05) is 4.72 Å². The molecule has 4 unspecified atom stereocenters. The summed E-state index contributed by atoms with van der Waals surface area (Å²) in [6, 6.07) is 2.66. The molecule has 6 fully saturated rings. The number of alkyl halides is 2. The summed E-state index contributed by atoms with van der Waals surface area (Å²) in [5, 5.41) is 0. The molecule has 6 nitrogen and oxygen atoms in total. The molecule has 0 spiro atoms. The van der Waals surface area contributed by atoms with Gasteiger partial charge in [0.15, 0.2) is 0 Å². The minimum Gasteiger partial charge on any atom is -0.489 e. The Morgan fingerprint density at radius 3 is 2.39 bits per heavy atom. The SMILES string of the molecule is O=C(NS(=O)(=O)N1CC(F)C1)c1cc(C2CC2)c(OC2C3CC4C[C@H]2CC(Cl)(C4)C3)cc1F. The third kappa shape index (κ3) is 3.93. The number of amides is 1. The van der Waals surface area contributed by atoms with Crippen molar-refractivity contribution in [2.24, 2.45) is 17.8 Å². The van der Waals surface area contributed by atoms with Gasteiger partial charge >= 0.3 is 10.2 Å². The lowest BCUT2D eigenvalue weighted by Gasteiger charge is -2.57. The van der Waals surface area contributed by atoms with Crippen LogP contribution in [0.4, 0.5) is 8.78 Å². The van der Waals surface area contributed by atoms with E-state index in [4.69, 9.17) is 16.3 Å². The van der Waals surface area contributed by atoms with Crippen molar-refractivity contribution in [2.75, 3.05) is 13.1 Å². The van der Waals surface area contributed by atoms with Gasteiger partial charge in [0.25, 0.3) is 5.91 Å². The fourth-order valence-electron chi connectivity index (χ4n) is 6.60. The van der Waals surface area contributed by atoms with Gasteiger partial charge in [-0.25, -0.2) is 13.5 Å². The molecule has 5 saturated carbocycles. The number of benzene rings is 1. The van der Waals surface area contributed by atoms with Crippen molar-refractivity contribution in [1.82, 2.24) is 9.03 Å². The number of nitrogens with zero attached hydrogens (tertiary/aromatic N) is 1. The number of nitrogens with one attached hydrogen (secondary N) is 1. The van der Waals surface area contributed by atoms with Crippen molar-refractivity contribution >= 4 is 27.7 Å². The Kier molecular flexibility index (Phi) is 5.02. The fourth-order valence-corrected chi connectivity index (χ4v) is 8.40. The lowest BCUT2D eigenvalue weighted by Crippen LogP contribution is -2.56. The van der Waals surface area contributed by atoms with Crippen LogP contribution < -0.4 is 9.46 Å². The minimum atomic E-state index is -4.20. The molecule has 1 N–H and O–H groups in total. The van der Waals surface area contributed by atoms with Gasteiger partial charge in [-0.3, -0.25) is 4.79 Å². The maximum atomic E-state index is 15.0. The average Bonchev–Trinajstić information content (AvgIpc) is 3.51. The van der Waals surface area contributed by atoms with Gasteiger partial charge in [0.05, 0.1) is 5.56 Å². The predicted octanol–water partition coefficient (Wildman–Crippen LogP) is 3.90. The molecular weight excluding hydrogens is 474 g/mol. The third-order valence-electron chi connectivity index (χ3n) is 8.10. The van der Waals surface area contributed by atoms with Gasteiger partial charge in [0.1, 0.15) is 23.8 Å². The number of ether oxygens (including phenoxy) is 1. The second-order valence-corrected chi connectivity index (χ2v) is 13.2. The van der Waals surface area contributed by atoms with Gasteiger partial charge in [0.2, 0.25) is 0 Å². The summed E-state index contributed by atoms with van der Waals surface area (Å²) in [4.78, 5) is 12.5. The van der Waals surface area contributed by atoms with E-state index < -0.39 is 28.1 Å². The second kappa shape index (κ2) is 7.52. The molecule has 6 aliphatic rings. The van der Waals surface area contributed by atoms with E-state index in [2.05, 4.69) is 0 Å². The van der Waals surface area contributed by atoms with Crippen molar-refractivity contribution in [3.05, 3.63) is 29.1 Å². The summed E-state index contributed by atoms with van der Waals surface area (Å²) in [6.07, 6.45) is 5.66. The molecule has 1 aromatic carbocycles. The summed E-state index contributed by atoms with van der Waals surface area (Å²) in [6.45, 7) is -0.612. The van der Waals surface area contributed by atoms with Gasteiger partial charge in [-0.2, -0.15) is 12.7 Å². The van der Waals surface area contributed by atoms with Crippen molar-refractivity contribution in [3.63, 3.8) is 0 Å². The first kappa shape index (κ1) is 22.0. The number of carbonyl (C=O) groups excluding carboxylic acids is 1. The van der Waals surface area contributed by atoms with Gasteiger partial charge in [-0.05, 0) is 80.2 Å². The van der Waals surface area contributed by atoms with Crippen LogP contribution in [0.25, 0.3) is 0 Å². The number of rotatable bonds is 6. The van der Waals surface area contributed by atoms with Crippen LogP contribution in [0.1, 0.15) is 66.8 Å². The smallest absolute Gasteiger partial charge is 0.304 e. The van der Waals surface area contributed by atoms with Crippen molar-refractivity contribution in [3.8, 4) is 5.75 Å². The summed E-state index contributed by atoms with van der Waals surface area (Å²) < 4.78 is 61.7. The van der Waals surface area contributed by atoms with Crippen molar-refractivity contribution in [2.45, 2.75) is 68.0 Å². The van der Waals surface area contributed by atoms with E-state index in [0.29, 0.717) is 23.5 Å². The van der Waals surface area contributed by atoms with Crippen LogP contribution in [-0.2, 0) is 10.2 Å². The van der Waals surface area contributed by atoms with E-state index in [1.165, 1.54) is 12.1 Å². The molecule has 1 aliphatic heterocycles. The Hall–Kier alpha value is -1.45. The standard InChI is InChI=1S/C23H27ClF2N2O4S/c24-23-7-12-3-14(8-23)21(15(4-12)9-23)32-20-6-19(26)18(5-17(20)13-1-2-13)22(29)27-33(30,31)28-10-16(25)11-28/h5-6,12-16,21H,1-4,7-11H2,(H,27,29)/t12?,14-,15?,21?,23?/m0/s1. The number of hydrogen-bond donors (Lipinski definition) is 1. The van der Waals surface area contributed by atoms with Gasteiger partial charge in [0, 0.05) is 24.0 Å². The number of halogens is 3. The highest BCUT2D eigenvalue weighted by Crippen LogP contribution is 2.59. The first-order valence-electron chi connectivity index (χ1n) is 11.8. The Morgan fingerprint density at radius 1 is 1.15 bits per heavy atom. The Morgan fingerprint density at radius 2 is 1.82 bits per heavy atom. The highest BCUT2D eigenvalue weighted by molar-refractivity contribution is 7.87. The normalized spacial score (nSPS) is 36.0. The lowest BCUT2D eigenvalue weighted by atomic mass is 9.54. The van der Waals surface area contributed by atoms with Gasteiger partial charge in [-0.15, -0.1) is 11.6 Å². The molecule has 1 aromatic rings. The van der Waals surface area contributed by atoms with Crippen LogP contribution in [0.3, 0.4) is 0 Å². The van der Waals surface area contributed by atoms with Crippen LogP contribution in [0.5, 0.6) is 5.75 Å². The summed E-state index contributed by atoms with van der Waals surface area (Å²) in [7, 11) is -4.20. The molecule has 180 valence electrons. The van der Waals surface area contributed by atoms with E-state index in [-0.39, 0.29) is 35.5 Å². The molecule has 7 rings (SSSR count). The third-order valence-corrected chi connectivity index (χ3v) is 9.99. The van der Waals surface area contributed by atoms with Crippen LogP contribution in [0.2, 0.25) is 0 Å². The summed E-state index contributed by atoms with van der Waals surface area (Å²) >= 11 is 6.84. The summed E-state index contributed by atoms with van der Waals surface area (Å²) in [5.74, 6) is 0.0992. The maximum absolute atomic E-state index is 15.0. The number of hydrogen-bond acceptors (Lipinski definition) is 4. The highest BCUT2D eigenvalue weighted by Gasteiger charge is 2.56. The monoisotopic (exact) mass is 500 g/mol. The zero-order chi connectivity index (χ0) is 23.1. The topological polar surface area (TPSA) is 75.7 Å². The van der Waals surface area contributed by atoms with E-state index in [0.717, 1.165) is 54.8 Å². The number of carbonyl (C=O) groups is 1. The van der Waals surface area contributed by atoms with Crippen LogP contribution in [-0.4, -0.2) is 48.9 Å². The lowest BCUT2D eigenvalue weighted by molar-refractivity contribution is -0.0700. The quantitative estimate of drug-likeness (QED) is 0.601. The molecule has 4 bridgehead atoms. The predicted molar refractivity (Wildman–Crippen MR) is 118 cm³/mol. The fraction of sp³-hybridized carbons (Fsp3) is 0.696. The minimum absolute atomic E-state index is 0.00885. The Labute approximate surface area is 197 Å². The average molecular weight is 501 g/mol. The van der Waals surface area contributed by atoms with Crippen LogP contribution in [0.15, 0.2) is 12.1 Å². The van der Waals surface area contributed by atoms with Crippen molar-refractivity contribution < 1.29 is 26.7 Å². The Balaban J connectivity index is 1.24. The largest absolute Gasteiger partial charge is 0.489 e. The zero-order valence-corrected chi connectivity index (χ0v) is 19.7. The first-order chi connectivity index (χ1) is 15.6. The Bertz CT molecular complexity index is 1090. The van der Waals surface area contributed by atoms with Gasteiger partial charge < -0.3 is 4.74 Å². The molecule has 10 heteroatoms. The molecular formula is C23H27ClF2N2O4S. The molecule has 33 heavy (non-hydrogen) atoms. The molecule has 1 amide bonds. The molecule has 5 aliphatic carbocycles. The summed E-state index contributed by atoms with van der Waals surface area (Å²) in [5.41, 5.74) is 0.413. The van der Waals surface area contributed by atoms with Crippen LogP contribution in [0, 0.1) is 23.6 Å². The van der Waals surface area contributed by atoms with E-state index >= 15 is 4.39 Å². The van der Waals surface area contributed by atoms with E-state index in [1.54, 1.807) is 0 Å². The molecule has 1 saturated heterocycles. The molecule has 1 heterocycles. The zero-order valence-electron chi connectivity index (χ0n) is 18.1. The molecule has 0 aromatic heterocycles. The molecule has 0 radical (unpaired) electrons. The van der Waals surface area contributed by atoms with Crippen molar-refractivity contribution in [1.29, 1.82) is 0 Å². The highest BCUT2D eigenvalue weighted by atomic mass is 35.5. The van der Waals surface area contributed by atoms with E-state index in [9.17, 15) is 17.6 Å².